The van der Waals surface area contributed by atoms with E-state index in [1.807, 2.05) is 48.5 Å². The molecule has 32 heavy (non-hydrogen) atoms. The normalized spacial score (nSPS) is 11.7. The smallest absolute Gasteiger partial charge is 0.265 e. The molecule has 0 aliphatic rings. The number of rotatable bonds is 4. The first-order valence-electron chi connectivity index (χ1n) is 9.86. The van der Waals surface area contributed by atoms with Crippen molar-refractivity contribution < 1.29 is 13.2 Å². The summed E-state index contributed by atoms with van der Waals surface area (Å²) in [4.78, 5) is 13.8. The number of benzene rings is 4. The summed E-state index contributed by atoms with van der Waals surface area (Å²) in [6.45, 7) is 0. The van der Waals surface area contributed by atoms with E-state index in [1.54, 1.807) is 28.8 Å². The Morgan fingerprint density at radius 1 is 0.719 bits per heavy atom. The molecule has 4 aromatic carbocycles. The van der Waals surface area contributed by atoms with Gasteiger partial charge in [-0.05, 0) is 48.5 Å². The third kappa shape index (κ3) is 3.43. The van der Waals surface area contributed by atoms with Gasteiger partial charge in [0.25, 0.3) is 15.9 Å². The molecule has 0 saturated carbocycles. The number of carbonyl (C=O) groups excluding carboxylic acids is 1. The number of hydrogen-bond donors (Lipinski definition) is 1. The number of para-hydroxylation sites is 3. The molecule has 0 bridgehead atoms. The van der Waals surface area contributed by atoms with Crippen molar-refractivity contribution in [2.75, 3.05) is 4.72 Å². The number of aromatic nitrogens is 1. The number of anilines is 1. The van der Waals surface area contributed by atoms with Gasteiger partial charge >= 0.3 is 0 Å². The number of nitrogens with one attached hydrogen (secondary N) is 1. The van der Waals surface area contributed by atoms with Crippen molar-refractivity contribution in [1.29, 1.82) is 0 Å². The van der Waals surface area contributed by atoms with E-state index in [1.165, 1.54) is 24.3 Å². The van der Waals surface area contributed by atoms with Crippen molar-refractivity contribution in [3.63, 3.8) is 0 Å². The Morgan fingerprint density at radius 2 is 1.25 bits per heavy atom. The molecule has 5 rings (SSSR count). The van der Waals surface area contributed by atoms with Gasteiger partial charge in [-0.25, -0.2) is 8.42 Å². The maximum Gasteiger partial charge on any atom is 0.265 e. The van der Waals surface area contributed by atoms with Gasteiger partial charge in [-0.15, -0.1) is 0 Å². The fourth-order valence-corrected chi connectivity index (χ4v) is 5.04. The number of hydrogen-bond acceptors (Lipinski definition) is 3. The van der Waals surface area contributed by atoms with E-state index < -0.39 is 10.0 Å². The van der Waals surface area contributed by atoms with E-state index in [-0.39, 0.29) is 22.1 Å². The molecular weight excluding hydrogens is 444 g/mol. The molecule has 7 heteroatoms. The molecule has 0 saturated heterocycles. The summed E-state index contributed by atoms with van der Waals surface area (Å²) in [5, 5.41) is 2.34. The van der Waals surface area contributed by atoms with Crippen LogP contribution in [0.2, 0.25) is 5.02 Å². The molecule has 0 unspecified atom stereocenters. The van der Waals surface area contributed by atoms with Crippen molar-refractivity contribution in [3.05, 3.63) is 108 Å². The molecule has 1 N–H and O–H groups in total. The quantitative estimate of drug-likeness (QED) is 0.361. The molecule has 0 radical (unpaired) electrons. The van der Waals surface area contributed by atoms with Gasteiger partial charge in [0.05, 0.1) is 27.2 Å². The van der Waals surface area contributed by atoms with Gasteiger partial charge in [0.2, 0.25) is 0 Å². The molecule has 5 aromatic rings. The van der Waals surface area contributed by atoms with Crippen molar-refractivity contribution in [2.24, 2.45) is 0 Å². The fourth-order valence-electron chi connectivity index (χ4n) is 3.84. The first-order valence-corrected chi connectivity index (χ1v) is 11.7. The van der Waals surface area contributed by atoms with Crippen LogP contribution in [0.4, 0.5) is 5.69 Å². The third-order valence-electron chi connectivity index (χ3n) is 5.31. The van der Waals surface area contributed by atoms with Crippen LogP contribution >= 0.6 is 11.6 Å². The largest absolute Gasteiger partial charge is 0.279 e. The molecule has 0 amide bonds. The zero-order chi connectivity index (χ0) is 22.3. The highest BCUT2D eigenvalue weighted by molar-refractivity contribution is 7.92. The zero-order valence-electron chi connectivity index (χ0n) is 16.7. The summed E-state index contributed by atoms with van der Waals surface area (Å²) in [5.74, 6) is -0.322. The molecule has 1 heterocycles. The van der Waals surface area contributed by atoms with Crippen LogP contribution in [-0.2, 0) is 10.0 Å². The molecule has 0 aliphatic heterocycles. The zero-order valence-corrected chi connectivity index (χ0v) is 18.3. The number of carbonyl (C=O) groups is 1. The lowest BCUT2D eigenvalue weighted by Crippen LogP contribution is -2.18. The molecule has 158 valence electrons. The molecule has 0 atom stereocenters. The van der Waals surface area contributed by atoms with E-state index in [4.69, 9.17) is 11.6 Å². The van der Waals surface area contributed by atoms with Crippen molar-refractivity contribution in [3.8, 4) is 0 Å². The maximum absolute atomic E-state index is 13.7. The van der Waals surface area contributed by atoms with Crippen LogP contribution in [0.1, 0.15) is 10.4 Å². The van der Waals surface area contributed by atoms with E-state index in [0.717, 1.165) is 21.8 Å². The maximum atomic E-state index is 13.7. The highest BCUT2D eigenvalue weighted by atomic mass is 35.5. The summed E-state index contributed by atoms with van der Waals surface area (Å²) in [5.41, 5.74) is 1.97. The first-order chi connectivity index (χ1) is 15.5. The predicted octanol–water partition coefficient (Wildman–Crippen LogP) is 5.94. The standard InChI is InChI=1S/C25H17ClN2O3S/c26-17-13-15-18(16-14-17)32(30,31)27-22-10-4-1-9-21(22)25(29)28-23-11-5-2-7-19(23)20-8-3-6-12-24(20)28/h1-16,27H. The van der Waals surface area contributed by atoms with Crippen LogP contribution < -0.4 is 4.72 Å². The first kappa shape index (κ1) is 20.3. The highest BCUT2D eigenvalue weighted by Gasteiger charge is 2.22. The van der Waals surface area contributed by atoms with Crippen molar-refractivity contribution in [1.82, 2.24) is 4.57 Å². The molecule has 0 spiro atoms. The monoisotopic (exact) mass is 460 g/mol. The predicted molar refractivity (Wildman–Crippen MR) is 128 cm³/mol. The van der Waals surface area contributed by atoms with Crippen LogP contribution in [0, 0.1) is 0 Å². The van der Waals surface area contributed by atoms with Crippen molar-refractivity contribution >= 4 is 55.0 Å². The molecule has 0 aliphatic carbocycles. The SMILES string of the molecule is O=C(c1ccccc1NS(=O)(=O)c1ccc(Cl)cc1)n1c2ccccc2c2ccccc21. The average Bonchev–Trinajstić information content (AvgIpc) is 3.13. The second-order valence-electron chi connectivity index (χ2n) is 7.28. The lowest BCUT2D eigenvalue weighted by molar-refractivity contribution is 0.0970. The van der Waals surface area contributed by atoms with E-state index >= 15 is 0 Å². The van der Waals surface area contributed by atoms with Gasteiger partial charge in [-0.2, -0.15) is 0 Å². The van der Waals surface area contributed by atoms with E-state index in [2.05, 4.69) is 4.72 Å². The second-order valence-corrected chi connectivity index (χ2v) is 9.40. The van der Waals surface area contributed by atoms with Crippen LogP contribution in [0.3, 0.4) is 0 Å². The van der Waals surface area contributed by atoms with Gasteiger partial charge < -0.3 is 0 Å². The summed E-state index contributed by atoms with van der Waals surface area (Å²) < 4.78 is 30.0. The number of halogens is 1. The minimum Gasteiger partial charge on any atom is -0.279 e. The lowest BCUT2D eigenvalue weighted by Gasteiger charge is -2.13. The Morgan fingerprint density at radius 3 is 1.88 bits per heavy atom. The number of nitrogens with zero attached hydrogens (tertiary/aromatic N) is 1. The van der Waals surface area contributed by atoms with Crippen molar-refractivity contribution in [2.45, 2.75) is 4.90 Å². The summed E-state index contributed by atoms with van der Waals surface area (Å²) in [7, 11) is -3.91. The fraction of sp³-hybridized carbons (Fsp3) is 0. The molecule has 0 fully saturated rings. The Hall–Kier alpha value is -3.61. The second kappa shape index (κ2) is 7.82. The van der Waals surface area contributed by atoms with Gasteiger partial charge in [0.15, 0.2) is 0 Å². The molecular formula is C25H17ClN2O3S. The van der Waals surface area contributed by atoms with Crippen LogP contribution in [-0.4, -0.2) is 18.9 Å². The van der Waals surface area contributed by atoms with Crippen LogP contribution in [0.25, 0.3) is 21.8 Å². The Balaban J connectivity index is 1.63. The van der Waals surface area contributed by atoms with Gasteiger partial charge in [0.1, 0.15) is 0 Å². The summed E-state index contributed by atoms with van der Waals surface area (Å²) >= 11 is 5.88. The molecule has 1 aromatic heterocycles. The third-order valence-corrected chi connectivity index (χ3v) is 6.94. The number of fused-ring (bicyclic) bond motifs is 3. The highest BCUT2D eigenvalue weighted by Crippen LogP contribution is 2.31. The van der Waals surface area contributed by atoms with Crippen LogP contribution in [0.15, 0.2) is 102 Å². The molecule has 5 nitrogen and oxygen atoms in total. The van der Waals surface area contributed by atoms with Gasteiger partial charge in [0, 0.05) is 15.8 Å². The minimum absolute atomic E-state index is 0.0565. The van der Waals surface area contributed by atoms with Gasteiger partial charge in [-0.1, -0.05) is 60.1 Å². The van der Waals surface area contributed by atoms with Crippen LogP contribution in [0.5, 0.6) is 0 Å². The minimum atomic E-state index is -3.91. The Kier molecular flexibility index (Phi) is 4.96. The van der Waals surface area contributed by atoms with E-state index in [9.17, 15) is 13.2 Å². The Bertz CT molecular complexity index is 1540. The van der Waals surface area contributed by atoms with E-state index in [0.29, 0.717) is 5.02 Å². The summed E-state index contributed by atoms with van der Waals surface area (Å²) in [6, 6.07) is 27.7. The number of sulfonamides is 1. The Labute approximate surface area is 189 Å². The topological polar surface area (TPSA) is 68.2 Å². The average molecular weight is 461 g/mol. The van der Waals surface area contributed by atoms with Gasteiger partial charge in [-0.3, -0.25) is 14.1 Å². The lowest BCUT2D eigenvalue weighted by atomic mass is 10.1. The summed E-state index contributed by atoms with van der Waals surface area (Å²) in [6.07, 6.45) is 0.